The number of aromatic nitrogens is 1. The third-order valence-corrected chi connectivity index (χ3v) is 3.22. The average molecular weight is 264 g/mol. The summed E-state index contributed by atoms with van der Waals surface area (Å²) in [6.45, 7) is 1.71. The Labute approximate surface area is 113 Å². The Morgan fingerprint density at radius 3 is 3.21 bits per heavy atom. The van der Waals surface area contributed by atoms with Crippen molar-refractivity contribution in [3.8, 4) is 0 Å². The smallest absolute Gasteiger partial charge is 0.356 e. The summed E-state index contributed by atoms with van der Waals surface area (Å²) in [5.74, 6) is -0.417. The zero-order valence-corrected chi connectivity index (χ0v) is 11.2. The summed E-state index contributed by atoms with van der Waals surface area (Å²) in [7, 11) is 1.35. The van der Waals surface area contributed by atoms with Crippen LogP contribution in [0.1, 0.15) is 36.2 Å². The zero-order valence-electron chi connectivity index (χ0n) is 11.2. The van der Waals surface area contributed by atoms with Crippen molar-refractivity contribution in [2.45, 2.75) is 31.8 Å². The van der Waals surface area contributed by atoms with Crippen LogP contribution in [0.3, 0.4) is 0 Å². The summed E-state index contributed by atoms with van der Waals surface area (Å²) >= 11 is 0. The molecule has 1 unspecified atom stereocenters. The summed E-state index contributed by atoms with van der Waals surface area (Å²) < 4.78 is 10.3. The predicted molar refractivity (Wildman–Crippen MR) is 72.3 cm³/mol. The van der Waals surface area contributed by atoms with E-state index >= 15 is 0 Å². The van der Waals surface area contributed by atoms with Gasteiger partial charge in [-0.05, 0) is 37.8 Å². The van der Waals surface area contributed by atoms with Crippen LogP contribution in [-0.4, -0.2) is 37.3 Å². The largest absolute Gasteiger partial charge is 0.464 e. The number of nitrogens with zero attached hydrogens (tertiary/aromatic N) is 1. The van der Waals surface area contributed by atoms with E-state index in [0.717, 1.165) is 31.7 Å². The Bertz CT molecular complexity index is 417. The average Bonchev–Trinajstić information content (AvgIpc) is 2.48. The summed E-state index contributed by atoms with van der Waals surface area (Å²) in [5.41, 5.74) is 1.20. The minimum atomic E-state index is -0.417. The predicted octanol–water partition coefficient (Wildman–Crippen LogP) is 2.24. The van der Waals surface area contributed by atoms with Gasteiger partial charge in [0.2, 0.25) is 0 Å². The second-order valence-corrected chi connectivity index (χ2v) is 4.63. The summed E-state index contributed by atoms with van der Waals surface area (Å²) in [6.07, 6.45) is 6.53. The minimum absolute atomic E-state index is 0.321. The molecular weight excluding hydrogens is 244 g/mol. The molecule has 104 valence electrons. The molecule has 1 aromatic rings. The van der Waals surface area contributed by atoms with Crippen molar-refractivity contribution >= 4 is 11.7 Å². The molecule has 5 nitrogen and oxygen atoms in total. The minimum Gasteiger partial charge on any atom is -0.464 e. The van der Waals surface area contributed by atoms with E-state index in [4.69, 9.17) is 4.74 Å². The molecule has 0 bridgehead atoms. The maximum absolute atomic E-state index is 11.4. The van der Waals surface area contributed by atoms with Crippen LogP contribution >= 0.6 is 0 Å². The van der Waals surface area contributed by atoms with Crippen LogP contribution in [0.5, 0.6) is 0 Å². The van der Waals surface area contributed by atoms with Crippen molar-refractivity contribution < 1.29 is 14.3 Å². The molecule has 0 radical (unpaired) electrons. The number of carbonyl (C=O) groups is 1. The van der Waals surface area contributed by atoms with Gasteiger partial charge in [-0.15, -0.1) is 0 Å². The van der Waals surface area contributed by atoms with Crippen LogP contribution in [0.15, 0.2) is 18.3 Å². The van der Waals surface area contributed by atoms with E-state index in [1.165, 1.54) is 20.0 Å². The van der Waals surface area contributed by atoms with Gasteiger partial charge in [0.1, 0.15) is 5.69 Å². The van der Waals surface area contributed by atoms with Gasteiger partial charge in [-0.3, -0.25) is 0 Å². The number of esters is 1. The second-order valence-electron chi connectivity index (χ2n) is 4.63. The van der Waals surface area contributed by atoms with Gasteiger partial charge in [0.25, 0.3) is 0 Å². The lowest BCUT2D eigenvalue weighted by atomic mass is 10.1. The van der Waals surface area contributed by atoms with Crippen LogP contribution in [0, 0.1) is 0 Å². The third kappa shape index (κ3) is 4.21. The normalized spacial score (nSPS) is 18.9. The quantitative estimate of drug-likeness (QED) is 0.826. The molecule has 1 fully saturated rings. The lowest BCUT2D eigenvalue weighted by Gasteiger charge is -2.22. The zero-order chi connectivity index (χ0) is 13.5. The van der Waals surface area contributed by atoms with Crippen LogP contribution < -0.4 is 5.32 Å². The number of rotatable bonds is 5. The van der Waals surface area contributed by atoms with E-state index in [1.807, 2.05) is 6.07 Å². The first-order valence-corrected chi connectivity index (χ1v) is 6.69. The molecule has 0 aromatic carbocycles. The Morgan fingerprint density at radius 1 is 1.58 bits per heavy atom. The van der Waals surface area contributed by atoms with Gasteiger partial charge in [0, 0.05) is 25.0 Å². The van der Waals surface area contributed by atoms with Gasteiger partial charge >= 0.3 is 5.97 Å². The Kier molecular flexibility index (Phi) is 5.15. The Morgan fingerprint density at radius 2 is 2.47 bits per heavy atom. The van der Waals surface area contributed by atoms with Crippen LogP contribution in [0.2, 0.25) is 0 Å². The molecule has 1 aliphatic rings. The first-order chi connectivity index (χ1) is 9.29. The van der Waals surface area contributed by atoms with Crippen molar-refractivity contribution in [2.24, 2.45) is 0 Å². The maximum Gasteiger partial charge on any atom is 0.356 e. The SMILES string of the molecule is COC(=O)c1cc(NCCC2CCCCO2)ccn1. The molecule has 1 saturated heterocycles. The summed E-state index contributed by atoms with van der Waals surface area (Å²) in [5, 5.41) is 3.28. The first kappa shape index (κ1) is 13.8. The molecule has 2 heterocycles. The van der Waals surface area contributed by atoms with Gasteiger partial charge in [-0.2, -0.15) is 0 Å². The number of hydrogen-bond donors (Lipinski definition) is 1. The highest BCUT2D eigenvalue weighted by Gasteiger charge is 2.13. The fraction of sp³-hybridized carbons (Fsp3) is 0.571. The first-order valence-electron chi connectivity index (χ1n) is 6.69. The molecule has 1 aromatic heterocycles. The van der Waals surface area contributed by atoms with Gasteiger partial charge in [0.15, 0.2) is 0 Å². The number of pyridine rings is 1. The van der Waals surface area contributed by atoms with Crippen molar-refractivity contribution in [1.29, 1.82) is 0 Å². The fourth-order valence-electron chi connectivity index (χ4n) is 2.17. The molecule has 0 amide bonds. The number of hydrogen-bond acceptors (Lipinski definition) is 5. The molecule has 2 rings (SSSR count). The second kappa shape index (κ2) is 7.09. The molecule has 1 aliphatic heterocycles. The molecule has 0 aliphatic carbocycles. The summed E-state index contributed by atoms with van der Waals surface area (Å²) in [4.78, 5) is 15.3. The van der Waals surface area contributed by atoms with Crippen molar-refractivity contribution in [3.05, 3.63) is 24.0 Å². The standard InChI is InChI=1S/C14H20N2O3/c1-18-14(17)13-10-11(5-7-16-13)15-8-6-12-4-2-3-9-19-12/h5,7,10,12H,2-4,6,8-9H2,1H3,(H,15,16). The van der Waals surface area contributed by atoms with Crippen LogP contribution in [0.25, 0.3) is 0 Å². The van der Waals surface area contributed by atoms with E-state index in [0.29, 0.717) is 11.8 Å². The van der Waals surface area contributed by atoms with Gasteiger partial charge < -0.3 is 14.8 Å². The van der Waals surface area contributed by atoms with Gasteiger partial charge in [-0.25, -0.2) is 9.78 Å². The van der Waals surface area contributed by atoms with Crippen LogP contribution in [0.4, 0.5) is 5.69 Å². The van der Waals surface area contributed by atoms with E-state index in [-0.39, 0.29) is 0 Å². The highest BCUT2D eigenvalue weighted by atomic mass is 16.5. The molecule has 19 heavy (non-hydrogen) atoms. The number of methoxy groups -OCH3 is 1. The molecule has 5 heteroatoms. The molecule has 0 spiro atoms. The van der Waals surface area contributed by atoms with E-state index in [2.05, 4.69) is 15.0 Å². The monoisotopic (exact) mass is 264 g/mol. The molecule has 1 N–H and O–H groups in total. The van der Waals surface area contributed by atoms with Crippen molar-refractivity contribution in [2.75, 3.05) is 25.6 Å². The molecule has 1 atom stereocenters. The highest BCUT2D eigenvalue weighted by Crippen LogP contribution is 2.16. The fourth-order valence-corrected chi connectivity index (χ4v) is 2.17. The topological polar surface area (TPSA) is 60.5 Å². The van der Waals surface area contributed by atoms with E-state index in [9.17, 15) is 4.79 Å². The van der Waals surface area contributed by atoms with Gasteiger partial charge in [-0.1, -0.05) is 0 Å². The highest BCUT2D eigenvalue weighted by molar-refractivity contribution is 5.88. The van der Waals surface area contributed by atoms with Crippen LogP contribution in [-0.2, 0) is 9.47 Å². The lowest BCUT2D eigenvalue weighted by molar-refractivity contribution is 0.0134. The third-order valence-electron chi connectivity index (χ3n) is 3.22. The van der Waals surface area contributed by atoms with Gasteiger partial charge in [0.05, 0.1) is 13.2 Å². The Balaban J connectivity index is 1.80. The Hall–Kier alpha value is -1.62. The number of nitrogens with one attached hydrogen (secondary N) is 1. The van der Waals surface area contributed by atoms with Crippen molar-refractivity contribution in [3.63, 3.8) is 0 Å². The lowest BCUT2D eigenvalue weighted by Crippen LogP contribution is -2.22. The molecular formula is C14H20N2O3. The summed E-state index contributed by atoms with van der Waals surface area (Å²) in [6, 6.07) is 3.54. The maximum atomic E-state index is 11.4. The van der Waals surface area contributed by atoms with E-state index < -0.39 is 5.97 Å². The number of anilines is 1. The number of carbonyl (C=O) groups excluding carboxylic acids is 1. The van der Waals surface area contributed by atoms with E-state index in [1.54, 1.807) is 12.3 Å². The van der Waals surface area contributed by atoms with Crippen molar-refractivity contribution in [1.82, 2.24) is 4.98 Å². The number of ether oxygens (including phenoxy) is 2. The molecule has 0 saturated carbocycles.